The van der Waals surface area contributed by atoms with Gasteiger partial charge in [-0.3, -0.25) is 9.42 Å². The van der Waals surface area contributed by atoms with E-state index < -0.39 is 9.84 Å². The van der Waals surface area contributed by atoms with Gasteiger partial charge in [0.2, 0.25) is 0 Å². The van der Waals surface area contributed by atoms with Crippen LogP contribution in [0.4, 0.5) is 6.01 Å². The molecule has 1 N–H and O–H groups in total. The van der Waals surface area contributed by atoms with Crippen LogP contribution < -0.4 is 9.64 Å². The number of ether oxygens (including phenoxy) is 1. The Morgan fingerprint density at radius 2 is 1.97 bits per heavy atom. The van der Waals surface area contributed by atoms with Crippen molar-refractivity contribution in [1.29, 1.82) is 0 Å². The molecule has 8 nitrogen and oxygen atoms in total. The summed E-state index contributed by atoms with van der Waals surface area (Å²) in [4.78, 5) is 8.21. The topological polar surface area (TPSA) is 90.0 Å². The van der Waals surface area contributed by atoms with Gasteiger partial charge in [-0.1, -0.05) is 36.7 Å². The number of quaternary nitrogens is 1. The molecule has 0 aliphatic carbocycles. The van der Waals surface area contributed by atoms with Gasteiger partial charge in [-0.2, -0.15) is 0 Å². The molecule has 10 heteroatoms. The number of rotatable bonds is 9. The second kappa shape index (κ2) is 10.3. The number of benzene rings is 1. The third-order valence-electron chi connectivity index (χ3n) is 5.53. The van der Waals surface area contributed by atoms with Crippen molar-refractivity contribution in [2.75, 3.05) is 39.0 Å². The van der Waals surface area contributed by atoms with Crippen LogP contribution in [0.2, 0.25) is 5.02 Å². The lowest BCUT2D eigenvalue weighted by Gasteiger charge is -2.34. The highest BCUT2D eigenvalue weighted by atomic mass is 35.5. The van der Waals surface area contributed by atoms with Gasteiger partial charge in [0.25, 0.3) is 0 Å². The fourth-order valence-electron chi connectivity index (χ4n) is 3.61. The van der Waals surface area contributed by atoms with Crippen LogP contribution in [0.15, 0.2) is 22.7 Å². The normalized spacial score (nSPS) is 17.2. The predicted octanol–water partition coefficient (Wildman–Crippen LogP) is 2.08. The van der Waals surface area contributed by atoms with E-state index in [0.717, 1.165) is 38.4 Å². The van der Waals surface area contributed by atoms with Crippen molar-refractivity contribution in [3.8, 4) is 5.75 Å². The second-order valence-electron chi connectivity index (χ2n) is 8.56. The predicted molar refractivity (Wildman–Crippen MR) is 120 cm³/mol. The summed E-state index contributed by atoms with van der Waals surface area (Å²) in [5.41, 5.74) is 0.590. The summed E-state index contributed by atoms with van der Waals surface area (Å²) in [6, 6.07) is 6.25. The van der Waals surface area contributed by atoms with Crippen LogP contribution in [0, 0.1) is 0 Å². The van der Waals surface area contributed by atoms with Crippen molar-refractivity contribution < 1.29 is 22.6 Å². The first kappa shape index (κ1) is 24.0. The fourth-order valence-corrected chi connectivity index (χ4v) is 4.74. The summed E-state index contributed by atoms with van der Waals surface area (Å²) in [6.45, 7) is 10.7. The molecule has 2 aromatic rings. The summed E-state index contributed by atoms with van der Waals surface area (Å²) in [5, 5.41) is 4.48. The first-order valence-corrected chi connectivity index (χ1v) is 13.1. The van der Waals surface area contributed by atoms with Gasteiger partial charge in [-0.05, 0) is 31.0 Å². The fraction of sp³-hybridized carbons (Fsp3) is 0.619. The quantitative estimate of drug-likeness (QED) is 0.598. The van der Waals surface area contributed by atoms with Crippen LogP contribution in [0.3, 0.4) is 0 Å². The molecule has 1 aromatic carbocycles. The molecular weight excluding hydrogens is 440 g/mol. The molecule has 31 heavy (non-hydrogen) atoms. The van der Waals surface area contributed by atoms with Crippen molar-refractivity contribution in [3.63, 3.8) is 0 Å². The van der Waals surface area contributed by atoms with Gasteiger partial charge < -0.3 is 4.74 Å². The third kappa shape index (κ3) is 6.90. The lowest BCUT2D eigenvalue weighted by atomic mass is 10.2. The van der Waals surface area contributed by atoms with Crippen LogP contribution in [0.5, 0.6) is 5.75 Å². The highest BCUT2D eigenvalue weighted by Crippen LogP contribution is 2.24. The Labute approximate surface area is 189 Å². The zero-order valence-corrected chi connectivity index (χ0v) is 20.2. The first-order valence-electron chi connectivity index (χ1n) is 10.6. The molecule has 1 aromatic heterocycles. The molecule has 1 aliphatic heterocycles. The van der Waals surface area contributed by atoms with Gasteiger partial charge in [0.1, 0.15) is 5.75 Å². The molecule has 0 bridgehead atoms. The van der Waals surface area contributed by atoms with E-state index >= 15 is 0 Å². The van der Waals surface area contributed by atoms with Crippen LogP contribution >= 0.6 is 11.6 Å². The number of hydrogen-bond donors (Lipinski definition) is 1. The van der Waals surface area contributed by atoms with E-state index in [2.05, 4.69) is 35.8 Å². The SMILES string of the molecule is CC(C)c1noc([NH+]2CCN(C(C)CCOc3ccc(CS(C)(=O)=O)c(Cl)c3)CC2)n1. The highest BCUT2D eigenvalue weighted by Gasteiger charge is 2.28. The number of nitrogens with one attached hydrogen (secondary N) is 1. The molecule has 2 heterocycles. The van der Waals surface area contributed by atoms with Gasteiger partial charge in [0, 0.05) is 36.3 Å². The molecule has 0 saturated carbocycles. The van der Waals surface area contributed by atoms with E-state index in [-0.39, 0.29) is 11.7 Å². The maximum absolute atomic E-state index is 11.5. The van der Waals surface area contributed by atoms with E-state index in [0.29, 0.717) is 35.0 Å². The Bertz CT molecular complexity index is 972. The number of piperazine rings is 1. The van der Waals surface area contributed by atoms with Crippen LogP contribution in [-0.4, -0.2) is 68.5 Å². The van der Waals surface area contributed by atoms with Gasteiger partial charge >= 0.3 is 6.01 Å². The van der Waals surface area contributed by atoms with Crippen LogP contribution in [-0.2, 0) is 15.6 Å². The average Bonchev–Trinajstić information content (AvgIpc) is 3.20. The summed E-state index contributed by atoms with van der Waals surface area (Å²) in [5.74, 6) is 1.62. The van der Waals surface area contributed by atoms with Gasteiger partial charge in [-0.25, -0.2) is 13.3 Å². The van der Waals surface area contributed by atoms with Crippen molar-refractivity contribution in [3.05, 3.63) is 34.6 Å². The van der Waals surface area contributed by atoms with Gasteiger partial charge in [0.05, 0.1) is 25.4 Å². The van der Waals surface area contributed by atoms with Crippen molar-refractivity contribution in [1.82, 2.24) is 15.0 Å². The largest absolute Gasteiger partial charge is 0.493 e. The van der Waals surface area contributed by atoms with E-state index in [1.54, 1.807) is 18.2 Å². The number of aromatic nitrogens is 2. The van der Waals surface area contributed by atoms with Gasteiger partial charge in [-0.15, -0.1) is 4.98 Å². The molecule has 172 valence electrons. The van der Waals surface area contributed by atoms with E-state index in [9.17, 15) is 8.42 Å². The molecule has 1 atom stereocenters. The number of halogens is 1. The average molecular weight is 472 g/mol. The lowest BCUT2D eigenvalue weighted by Crippen LogP contribution is -3.10. The number of hydrogen-bond acceptors (Lipinski definition) is 7. The van der Waals surface area contributed by atoms with E-state index in [4.69, 9.17) is 20.9 Å². The summed E-state index contributed by atoms with van der Waals surface area (Å²) >= 11 is 6.21. The maximum atomic E-state index is 11.5. The van der Waals surface area contributed by atoms with E-state index in [1.807, 2.05) is 0 Å². The second-order valence-corrected chi connectivity index (χ2v) is 11.1. The maximum Gasteiger partial charge on any atom is 0.425 e. The zero-order chi connectivity index (χ0) is 22.6. The Morgan fingerprint density at radius 3 is 2.55 bits per heavy atom. The summed E-state index contributed by atoms with van der Waals surface area (Å²) < 4.78 is 34.2. The Kier molecular flexibility index (Phi) is 7.96. The molecule has 0 radical (unpaired) electrons. The Hall–Kier alpha value is -1.68. The van der Waals surface area contributed by atoms with Crippen LogP contribution in [0.1, 0.15) is 44.5 Å². The highest BCUT2D eigenvalue weighted by molar-refractivity contribution is 7.89. The summed E-state index contributed by atoms with van der Waals surface area (Å²) in [6.07, 6.45) is 2.08. The molecule has 1 aliphatic rings. The monoisotopic (exact) mass is 471 g/mol. The standard InChI is InChI=1S/C21H31ClN4O4S/c1-15(2)20-23-21(30-24-20)26-10-8-25(9-11-26)16(3)7-12-29-18-6-5-17(19(22)13-18)14-31(4,27)28/h5-6,13,15-16H,7-12,14H2,1-4H3/p+1. The van der Waals surface area contributed by atoms with E-state index in [1.165, 1.54) is 11.2 Å². The summed E-state index contributed by atoms with van der Waals surface area (Å²) in [7, 11) is -3.12. The molecule has 1 fully saturated rings. The Morgan fingerprint density at radius 1 is 1.26 bits per heavy atom. The minimum Gasteiger partial charge on any atom is -0.493 e. The minimum absolute atomic E-state index is 0.0700. The van der Waals surface area contributed by atoms with Gasteiger partial charge in [0.15, 0.2) is 15.7 Å². The lowest BCUT2D eigenvalue weighted by molar-refractivity contribution is -0.849. The molecule has 3 rings (SSSR count). The molecule has 0 amide bonds. The molecule has 1 unspecified atom stereocenters. The first-order chi connectivity index (χ1) is 14.6. The number of sulfone groups is 1. The minimum atomic E-state index is -3.12. The van der Waals surface area contributed by atoms with Crippen molar-refractivity contribution in [2.24, 2.45) is 0 Å². The third-order valence-corrected chi connectivity index (χ3v) is 6.72. The van der Waals surface area contributed by atoms with Crippen LogP contribution in [0.25, 0.3) is 0 Å². The molecule has 1 saturated heterocycles. The zero-order valence-electron chi connectivity index (χ0n) is 18.6. The number of nitrogens with zero attached hydrogens (tertiary/aromatic N) is 3. The van der Waals surface area contributed by atoms with Crippen molar-refractivity contribution in [2.45, 2.75) is 44.9 Å². The smallest absolute Gasteiger partial charge is 0.425 e. The Balaban J connectivity index is 1.43. The molecular formula is C21H32ClN4O4S+. The van der Waals surface area contributed by atoms with Crippen molar-refractivity contribution >= 4 is 27.5 Å². The molecule has 0 spiro atoms.